The molecule has 112 valence electrons. The lowest BCUT2D eigenvalue weighted by Gasteiger charge is -2.20. The molecule has 1 amide bonds. The average molecular weight is 312 g/mol. The molecule has 3 rings (SSSR count). The number of rotatable bonds is 3. The van der Waals surface area contributed by atoms with Crippen molar-refractivity contribution in [2.24, 2.45) is 16.0 Å². The first kappa shape index (κ1) is 14.7. The standard InChI is InChI=1S/C16H16N4OS/c1-10(2)8-13-19-20-14(17)12(15(21)18-16(20)22-13)9-11-6-4-3-5-7-11/h3-7,9-10,17H,8H2,1-2H3. The molecule has 2 aliphatic heterocycles. The Hall–Kier alpha value is -2.21. The summed E-state index contributed by atoms with van der Waals surface area (Å²) in [6.07, 6.45) is 2.50. The maximum absolute atomic E-state index is 12.2. The van der Waals surface area contributed by atoms with Gasteiger partial charge < -0.3 is 0 Å². The summed E-state index contributed by atoms with van der Waals surface area (Å²) in [5.74, 6) is 0.177. The number of nitrogens with zero attached hydrogens (tertiary/aromatic N) is 3. The molecule has 0 spiro atoms. The quantitative estimate of drug-likeness (QED) is 0.870. The lowest BCUT2D eigenvalue weighted by atomic mass is 10.1. The fourth-order valence-corrected chi connectivity index (χ4v) is 3.28. The van der Waals surface area contributed by atoms with Crippen molar-refractivity contribution < 1.29 is 4.79 Å². The van der Waals surface area contributed by atoms with E-state index in [1.807, 2.05) is 30.3 Å². The first-order valence-electron chi connectivity index (χ1n) is 7.08. The average Bonchev–Trinajstić information content (AvgIpc) is 2.86. The van der Waals surface area contributed by atoms with Crippen LogP contribution in [-0.4, -0.2) is 27.0 Å². The fourth-order valence-electron chi connectivity index (χ4n) is 2.18. The van der Waals surface area contributed by atoms with E-state index in [1.165, 1.54) is 16.8 Å². The molecule has 0 saturated carbocycles. The lowest BCUT2D eigenvalue weighted by Crippen LogP contribution is -2.35. The van der Waals surface area contributed by atoms with Gasteiger partial charge in [-0.1, -0.05) is 44.2 Å². The summed E-state index contributed by atoms with van der Waals surface area (Å²) in [5, 5.41) is 15.5. The SMILES string of the molecule is CC(C)CC1=NN2C(=N)C(=Cc3ccccc3)C(=O)N=C2S1. The number of carbonyl (C=O) groups excluding carboxylic acids is 1. The van der Waals surface area contributed by atoms with Gasteiger partial charge in [0.1, 0.15) is 5.04 Å². The van der Waals surface area contributed by atoms with E-state index in [0.717, 1.165) is 17.0 Å². The molecule has 0 saturated heterocycles. The summed E-state index contributed by atoms with van der Waals surface area (Å²) >= 11 is 1.38. The molecule has 0 atom stereocenters. The van der Waals surface area contributed by atoms with Crippen LogP contribution in [0.4, 0.5) is 0 Å². The predicted molar refractivity (Wildman–Crippen MR) is 90.9 cm³/mol. The Morgan fingerprint density at radius 3 is 2.73 bits per heavy atom. The van der Waals surface area contributed by atoms with E-state index < -0.39 is 0 Å². The first-order chi connectivity index (χ1) is 10.5. The molecule has 1 aromatic carbocycles. The number of nitrogens with one attached hydrogen (secondary N) is 1. The van der Waals surface area contributed by atoms with Gasteiger partial charge in [0.15, 0.2) is 5.84 Å². The molecule has 1 N–H and O–H groups in total. The van der Waals surface area contributed by atoms with Crippen molar-refractivity contribution in [1.29, 1.82) is 5.41 Å². The minimum Gasteiger partial charge on any atom is -0.282 e. The first-order valence-corrected chi connectivity index (χ1v) is 7.90. The number of hydrogen-bond acceptors (Lipinski definition) is 4. The Labute approximate surface area is 133 Å². The Balaban J connectivity index is 1.92. The van der Waals surface area contributed by atoms with Gasteiger partial charge >= 0.3 is 0 Å². The number of hydrogen-bond donors (Lipinski definition) is 1. The van der Waals surface area contributed by atoms with Crippen molar-refractivity contribution in [3.63, 3.8) is 0 Å². The lowest BCUT2D eigenvalue weighted by molar-refractivity contribution is -0.114. The zero-order valence-electron chi connectivity index (χ0n) is 12.4. The fraction of sp³-hybridized carbons (Fsp3) is 0.250. The highest BCUT2D eigenvalue weighted by atomic mass is 32.2. The van der Waals surface area contributed by atoms with Gasteiger partial charge in [-0.2, -0.15) is 15.1 Å². The van der Waals surface area contributed by atoms with Crippen LogP contribution in [-0.2, 0) is 4.79 Å². The molecular weight excluding hydrogens is 296 g/mol. The molecule has 0 aliphatic carbocycles. The van der Waals surface area contributed by atoms with Gasteiger partial charge in [0.05, 0.1) is 5.57 Å². The predicted octanol–water partition coefficient (Wildman–Crippen LogP) is 3.35. The van der Waals surface area contributed by atoms with E-state index in [0.29, 0.717) is 11.1 Å². The minimum atomic E-state index is -0.381. The molecule has 0 fully saturated rings. The summed E-state index contributed by atoms with van der Waals surface area (Å²) in [7, 11) is 0. The van der Waals surface area contributed by atoms with Crippen LogP contribution >= 0.6 is 11.8 Å². The van der Waals surface area contributed by atoms with Crippen molar-refractivity contribution >= 4 is 39.8 Å². The van der Waals surface area contributed by atoms with E-state index in [2.05, 4.69) is 23.9 Å². The van der Waals surface area contributed by atoms with Crippen LogP contribution in [0.5, 0.6) is 0 Å². The van der Waals surface area contributed by atoms with Gasteiger partial charge in [0, 0.05) is 6.42 Å². The highest BCUT2D eigenvalue weighted by molar-refractivity contribution is 8.26. The number of aliphatic imine (C=N–C) groups is 1. The van der Waals surface area contributed by atoms with Crippen LogP contribution in [0.25, 0.3) is 6.08 Å². The Morgan fingerprint density at radius 1 is 1.32 bits per heavy atom. The van der Waals surface area contributed by atoms with E-state index >= 15 is 0 Å². The van der Waals surface area contributed by atoms with Gasteiger partial charge in [-0.25, -0.2) is 0 Å². The monoisotopic (exact) mass is 312 g/mol. The summed E-state index contributed by atoms with van der Waals surface area (Å²) < 4.78 is 0. The third kappa shape index (κ3) is 2.87. The topological polar surface area (TPSA) is 68.9 Å². The highest BCUT2D eigenvalue weighted by Gasteiger charge is 2.35. The molecule has 0 radical (unpaired) electrons. The number of thioether (sulfide) groups is 1. The summed E-state index contributed by atoms with van der Waals surface area (Å²) in [5.41, 5.74) is 1.14. The van der Waals surface area contributed by atoms with E-state index in [9.17, 15) is 4.79 Å². The third-order valence-corrected chi connectivity index (χ3v) is 4.12. The summed E-state index contributed by atoms with van der Waals surface area (Å²) in [6.45, 7) is 4.22. The van der Waals surface area contributed by atoms with Gasteiger partial charge in [-0.15, -0.1) is 0 Å². The molecule has 6 heteroatoms. The zero-order valence-corrected chi connectivity index (χ0v) is 13.2. The number of amides is 1. The van der Waals surface area contributed by atoms with E-state index in [1.54, 1.807) is 6.08 Å². The summed E-state index contributed by atoms with van der Waals surface area (Å²) in [4.78, 5) is 16.3. The molecule has 0 aromatic heterocycles. The third-order valence-electron chi connectivity index (χ3n) is 3.19. The highest BCUT2D eigenvalue weighted by Crippen LogP contribution is 2.30. The molecule has 5 nitrogen and oxygen atoms in total. The normalized spacial score (nSPS) is 19.6. The molecule has 0 unspecified atom stereocenters. The van der Waals surface area contributed by atoms with Crippen LogP contribution in [0.3, 0.4) is 0 Å². The van der Waals surface area contributed by atoms with Gasteiger partial charge in [-0.3, -0.25) is 10.2 Å². The number of fused-ring (bicyclic) bond motifs is 1. The van der Waals surface area contributed by atoms with Crippen molar-refractivity contribution in [2.45, 2.75) is 20.3 Å². The summed E-state index contributed by atoms with van der Waals surface area (Å²) in [6, 6.07) is 9.47. The molecule has 0 bridgehead atoms. The maximum Gasteiger partial charge on any atom is 0.283 e. The minimum absolute atomic E-state index is 0.0881. The van der Waals surface area contributed by atoms with E-state index in [-0.39, 0.29) is 17.3 Å². The maximum atomic E-state index is 12.2. The van der Waals surface area contributed by atoms with Crippen LogP contribution in [0.15, 0.2) is 46.0 Å². The molecule has 2 heterocycles. The van der Waals surface area contributed by atoms with Gasteiger partial charge in [0.2, 0.25) is 5.17 Å². The van der Waals surface area contributed by atoms with Gasteiger partial charge in [-0.05, 0) is 29.3 Å². The zero-order chi connectivity index (χ0) is 15.7. The van der Waals surface area contributed by atoms with Crippen molar-refractivity contribution in [3.05, 3.63) is 41.5 Å². The second kappa shape index (κ2) is 5.88. The second-order valence-corrected chi connectivity index (χ2v) is 6.56. The van der Waals surface area contributed by atoms with Gasteiger partial charge in [0.25, 0.3) is 5.91 Å². The Kier molecular flexibility index (Phi) is 3.94. The van der Waals surface area contributed by atoms with E-state index in [4.69, 9.17) is 5.41 Å². The largest absolute Gasteiger partial charge is 0.283 e. The van der Waals surface area contributed by atoms with Crippen LogP contribution < -0.4 is 0 Å². The molecule has 1 aromatic rings. The van der Waals surface area contributed by atoms with Crippen molar-refractivity contribution in [1.82, 2.24) is 5.01 Å². The molecule has 22 heavy (non-hydrogen) atoms. The second-order valence-electron chi connectivity index (χ2n) is 5.52. The van der Waals surface area contributed by atoms with Crippen molar-refractivity contribution in [2.75, 3.05) is 0 Å². The number of amidine groups is 2. The van der Waals surface area contributed by atoms with Crippen LogP contribution in [0.1, 0.15) is 25.8 Å². The van der Waals surface area contributed by atoms with Crippen molar-refractivity contribution in [3.8, 4) is 0 Å². The van der Waals surface area contributed by atoms with Crippen LogP contribution in [0.2, 0.25) is 0 Å². The Bertz CT molecular complexity index is 719. The number of benzene rings is 1. The molecule has 2 aliphatic rings. The Morgan fingerprint density at radius 2 is 2.05 bits per heavy atom. The number of hydrazone groups is 1. The molecular formula is C16H16N4OS. The smallest absolute Gasteiger partial charge is 0.282 e. The number of carbonyl (C=O) groups is 1. The van der Waals surface area contributed by atoms with Crippen LogP contribution in [0, 0.1) is 11.3 Å².